The van der Waals surface area contributed by atoms with E-state index < -0.39 is 5.97 Å². The first kappa shape index (κ1) is 12.4. The summed E-state index contributed by atoms with van der Waals surface area (Å²) in [5, 5.41) is 15.9. The van der Waals surface area contributed by atoms with Crippen molar-refractivity contribution < 1.29 is 9.90 Å². The molecule has 0 aliphatic rings. The summed E-state index contributed by atoms with van der Waals surface area (Å²) in [6.07, 6.45) is 5.45. The zero-order chi connectivity index (χ0) is 12.0. The lowest BCUT2D eigenvalue weighted by Crippen LogP contribution is -2.20. The van der Waals surface area contributed by atoms with Gasteiger partial charge in [-0.2, -0.15) is 5.10 Å². The first-order valence-electron chi connectivity index (χ1n) is 5.19. The molecule has 0 amide bonds. The van der Waals surface area contributed by atoms with Gasteiger partial charge in [0.1, 0.15) is 0 Å². The molecule has 0 fully saturated rings. The van der Waals surface area contributed by atoms with Crippen LogP contribution in [0.4, 0.5) is 0 Å². The van der Waals surface area contributed by atoms with Crippen LogP contribution in [-0.2, 0) is 11.3 Å². The molecule has 0 saturated carbocycles. The summed E-state index contributed by atoms with van der Waals surface area (Å²) >= 11 is 0. The van der Waals surface area contributed by atoms with Gasteiger partial charge in [-0.05, 0) is 19.4 Å². The maximum Gasteiger partial charge on any atom is 0.330 e. The molecule has 0 aliphatic heterocycles. The molecule has 1 aromatic heterocycles. The van der Waals surface area contributed by atoms with E-state index in [1.54, 1.807) is 13.0 Å². The normalized spacial score (nSPS) is 11.8. The van der Waals surface area contributed by atoms with Gasteiger partial charge in [-0.3, -0.25) is 4.68 Å². The second-order valence-electron chi connectivity index (χ2n) is 3.68. The van der Waals surface area contributed by atoms with Crippen LogP contribution in [0.2, 0.25) is 0 Å². The van der Waals surface area contributed by atoms with E-state index in [1.165, 1.54) is 0 Å². The van der Waals surface area contributed by atoms with E-state index in [0.717, 1.165) is 18.7 Å². The fraction of sp³-hybridized carbons (Fsp3) is 0.455. The molecule has 88 valence electrons. The van der Waals surface area contributed by atoms with Crippen molar-refractivity contribution in [3.63, 3.8) is 0 Å². The molecular formula is C11H17N3O2. The Bertz CT molecular complexity index is 382. The van der Waals surface area contributed by atoms with Crippen LogP contribution in [0.3, 0.4) is 0 Å². The number of carboxylic acid groups (broad SMARTS) is 1. The molecule has 0 unspecified atom stereocenters. The minimum absolute atomic E-state index is 0.363. The highest BCUT2D eigenvalue weighted by Gasteiger charge is 1.97. The lowest BCUT2D eigenvalue weighted by molar-refractivity contribution is -0.132. The standard InChI is InChI=1S/C11H17N3O2/c1-9-7-13-14(8-9)6-5-12-4-3-10(2)11(15)16/h3,7-8,12H,4-6H2,1-2H3,(H,15,16)/b10-3-. The van der Waals surface area contributed by atoms with Crippen molar-refractivity contribution in [2.75, 3.05) is 13.1 Å². The quantitative estimate of drug-likeness (QED) is 0.553. The average molecular weight is 223 g/mol. The number of nitrogens with one attached hydrogen (secondary N) is 1. The van der Waals surface area contributed by atoms with Gasteiger partial charge in [0.15, 0.2) is 0 Å². The molecule has 16 heavy (non-hydrogen) atoms. The van der Waals surface area contributed by atoms with Crippen molar-refractivity contribution in [3.8, 4) is 0 Å². The summed E-state index contributed by atoms with van der Waals surface area (Å²) in [5.41, 5.74) is 1.50. The maximum atomic E-state index is 10.5. The van der Waals surface area contributed by atoms with Gasteiger partial charge in [-0.1, -0.05) is 6.08 Å². The molecular weight excluding hydrogens is 206 g/mol. The fourth-order valence-electron chi connectivity index (χ4n) is 1.20. The number of hydrogen-bond acceptors (Lipinski definition) is 3. The average Bonchev–Trinajstić information content (AvgIpc) is 2.63. The topological polar surface area (TPSA) is 67.2 Å². The van der Waals surface area contributed by atoms with Gasteiger partial charge in [0, 0.05) is 24.9 Å². The zero-order valence-electron chi connectivity index (χ0n) is 9.60. The molecule has 0 aromatic carbocycles. The molecule has 0 saturated heterocycles. The molecule has 1 aromatic rings. The third-order valence-electron chi connectivity index (χ3n) is 2.17. The predicted octanol–water partition coefficient (Wildman–Crippen LogP) is 0.812. The van der Waals surface area contributed by atoms with Crippen LogP contribution >= 0.6 is 0 Å². The summed E-state index contributed by atoms with van der Waals surface area (Å²) < 4.78 is 1.86. The van der Waals surface area contributed by atoms with Crippen molar-refractivity contribution in [1.29, 1.82) is 0 Å². The summed E-state index contributed by atoms with van der Waals surface area (Å²) in [7, 11) is 0. The van der Waals surface area contributed by atoms with E-state index in [0.29, 0.717) is 12.1 Å². The lowest BCUT2D eigenvalue weighted by Gasteiger charge is -2.02. The first-order valence-corrected chi connectivity index (χ1v) is 5.19. The van der Waals surface area contributed by atoms with Crippen molar-refractivity contribution in [3.05, 3.63) is 29.6 Å². The minimum atomic E-state index is -0.871. The molecule has 5 heteroatoms. The van der Waals surface area contributed by atoms with Crippen molar-refractivity contribution in [2.45, 2.75) is 20.4 Å². The molecule has 1 rings (SSSR count). The Kier molecular flexibility index (Phi) is 4.72. The number of rotatable bonds is 6. The fourth-order valence-corrected chi connectivity index (χ4v) is 1.20. The SMILES string of the molecule is C/C(=C/CNCCn1cc(C)cn1)C(=O)O. The van der Waals surface area contributed by atoms with Crippen molar-refractivity contribution >= 4 is 5.97 Å². The summed E-state index contributed by atoms with van der Waals surface area (Å²) in [5.74, 6) is -0.871. The van der Waals surface area contributed by atoms with Gasteiger partial charge >= 0.3 is 5.97 Å². The highest BCUT2D eigenvalue weighted by molar-refractivity contribution is 5.85. The molecule has 5 nitrogen and oxygen atoms in total. The largest absolute Gasteiger partial charge is 0.478 e. The molecule has 0 radical (unpaired) electrons. The second kappa shape index (κ2) is 6.07. The smallest absolute Gasteiger partial charge is 0.330 e. The Hall–Kier alpha value is -1.62. The summed E-state index contributed by atoms with van der Waals surface area (Å²) in [6, 6.07) is 0. The van der Waals surface area contributed by atoms with Gasteiger partial charge < -0.3 is 10.4 Å². The van der Waals surface area contributed by atoms with Gasteiger partial charge in [-0.15, -0.1) is 0 Å². The minimum Gasteiger partial charge on any atom is -0.478 e. The summed E-state index contributed by atoms with van der Waals surface area (Å²) in [4.78, 5) is 10.5. The van der Waals surface area contributed by atoms with Crippen LogP contribution in [0.1, 0.15) is 12.5 Å². The van der Waals surface area contributed by atoms with Gasteiger partial charge in [-0.25, -0.2) is 4.79 Å². The van der Waals surface area contributed by atoms with E-state index in [2.05, 4.69) is 10.4 Å². The Morgan fingerprint density at radius 3 is 3.00 bits per heavy atom. The van der Waals surface area contributed by atoms with Crippen LogP contribution in [-0.4, -0.2) is 33.9 Å². The Morgan fingerprint density at radius 2 is 2.44 bits per heavy atom. The van der Waals surface area contributed by atoms with Crippen LogP contribution < -0.4 is 5.32 Å². The Morgan fingerprint density at radius 1 is 1.69 bits per heavy atom. The van der Waals surface area contributed by atoms with Crippen LogP contribution in [0.15, 0.2) is 24.0 Å². The van der Waals surface area contributed by atoms with E-state index in [1.807, 2.05) is 24.0 Å². The number of carboxylic acids is 1. The Balaban J connectivity index is 2.17. The molecule has 0 bridgehead atoms. The third-order valence-corrected chi connectivity index (χ3v) is 2.17. The lowest BCUT2D eigenvalue weighted by atomic mass is 10.3. The monoisotopic (exact) mass is 223 g/mol. The van der Waals surface area contributed by atoms with E-state index in [9.17, 15) is 4.79 Å². The Labute approximate surface area is 94.8 Å². The van der Waals surface area contributed by atoms with Crippen molar-refractivity contribution in [2.24, 2.45) is 0 Å². The molecule has 0 atom stereocenters. The molecule has 1 heterocycles. The first-order chi connectivity index (χ1) is 7.59. The van der Waals surface area contributed by atoms with Crippen LogP contribution in [0.25, 0.3) is 0 Å². The van der Waals surface area contributed by atoms with E-state index in [4.69, 9.17) is 5.11 Å². The number of aliphatic carboxylic acids is 1. The van der Waals surface area contributed by atoms with Crippen LogP contribution in [0, 0.1) is 6.92 Å². The highest BCUT2D eigenvalue weighted by Crippen LogP contribution is 1.93. The number of aromatic nitrogens is 2. The maximum absolute atomic E-state index is 10.5. The third kappa shape index (κ3) is 4.27. The highest BCUT2D eigenvalue weighted by atomic mass is 16.4. The van der Waals surface area contributed by atoms with E-state index in [-0.39, 0.29) is 0 Å². The van der Waals surface area contributed by atoms with Gasteiger partial charge in [0.25, 0.3) is 0 Å². The van der Waals surface area contributed by atoms with E-state index >= 15 is 0 Å². The van der Waals surface area contributed by atoms with Crippen molar-refractivity contribution in [1.82, 2.24) is 15.1 Å². The molecule has 0 aliphatic carbocycles. The number of nitrogens with zero attached hydrogens (tertiary/aromatic N) is 2. The summed E-state index contributed by atoms with van der Waals surface area (Å²) in [6.45, 7) is 5.70. The zero-order valence-corrected chi connectivity index (χ0v) is 9.60. The number of hydrogen-bond donors (Lipinski definition) is 2. The molecule has 0 spiro atoms. The second-order valence-corrected chi connectivity index (χ2v) is 3.68. The van der Waals surface area contributed by atoms with Gasteiger partial charge in [0.05, 0.1) is 12.7 Å². The van der Waals surface area contributed by atoms with Crippen LogP contribution in [0.5, 0.6) is 0 Å². The van der Waals surface area contributed by atoms with Gasteiger partial charge in [0.2, 0.25) is 0 Å². The number of aryl methyl sites for hydroxylation is 1. The molecule has 2 N–H and O–H groups in total. The predicted molar refractivity (Wildman–Crippen MR) is 61.2 cm³/mol. The number of carbonyl (C=O) groups is 1.